The van der Waals surface area contributed by atoms with Gasteiger partial charge in [-0.2, -0.15) is 4.80 Å². The second-order valence-electron chi connectivity index (χ2n) is 5.00. The summed E-state index contributed by atoms with van der Waals surface area (Å²) in [6, 6.07) is 7.88. The van der Waals surface area contributed by atoms with E-state index in [0.29, 0.717) is 32.1 Å². The van der Waals surface area contributed by atoms with Crippen LogP contribution in [-0.2, 0) is 16.1 Å². The first-order valence-electron chi connectivity index (χ1n) is 6.93. The lowest BCUT2D eigenvalue weighted by molar-refractivity contribution is -0.136. The summed E-state index contributed by atoms with van der Waals surface area (Å²) in [4.78, 5) is 15.2. The van der Waals surface area contributed by atoms with E-state index in [1.165, 1.54) is 10.4 Å². The molecule has 1 aliphatic rings. The summed E-state index contributed by atoms with van der Waals surface area (Å²) in [5.41, 5.74) is 2.07. The molecule has 7 nitrogen and oxygen atoms in total. The standard InChI is InChI=1S/C14H17N5O2/c1-11-2-4-12(5-3-11)14-15-17-19(16-14)10-13(20)18-6-8-21-9-7-18/h2-5H,6-10H2,1H3. The van der Waals surface area contributed by atoms with E-state index in [1.54, 1.807) is 4.90 Å². The molecule has 0 radical (unpaired) electrons. The number of hydrogen-bond acceptors (Lipinski definition) is 5. The highest BCUT2D eigenvalue weighted by atomic mass is 16.5. The summed E-state index contributed by atoms with van der Waals surface area (Å²) in [6.07, 6.45) is 0. The minimum atomic E-state index is -0.00819. The summed E-state index contributed by atoms with van der Waals surface area (Å²) in [5.74, 6) is 0.524. The van der Waals surface area contributed by atoms with Crippen LogP contribution in [0.1, 0.15) is 5.56 Å². The fraction of sp³-hybridized carbons (Fsp3) is 0.429. The van der Waals surface area contributed by atoms with Crippen molar-refractivity contribution in [2.24, 2.45) is 0 Å². The zero-order chi connectivity index (χ0) is 14.7. The number of carbonyl (C=O) groups is 1. The summed E-state index contributed by atoms with van der Waals surface area (Å²) < 4.78 is 5.23. The van der Waals surface area contributed by atoms with Gasteiger partial charge in [0.25, 0.3) is 0 Å². The van der Waals surface area contributed by atoms with Crippen molar-refractivity contribution in [2.45, 2.75) is 13.5 Å². The van der Waals surface area contributed by atoms with Crippen LogP contribution in [0.5, 0.6) is 0 Å². The monoisotopic (exact) mass is 287 g/mol. The Bertz CT molecular complexity index is 617. The van der Waals surface area contributed by atoms with E-state index in [2.05, 4.69) is 15.4 Å². The first kappa shape index (κ1) is 13.7. The first-order valence-corrected chi connectivity index (χ1v) is 6.93. The molecule has 21 heavy (non-hydrogen) atoms. The molecule has 3 rings (SSSR count). The Kier molecular flexibility index (Phi) is 3.92. The van der Waals surface area contributed by atoms with Gasteiger partial charge in [-0.25, -0.2) is 0 Å². The van der Waals surface area contributed by atoms with Crippen molar-refractivity contribution in [3.05, 3.63) is 29.8 Å². The summed E-state index contributed by atoms with van der Waals surface area (Å²) >= 11 is 0. The van der Waals surface area contributed by atoms with Crippen molar-refractivity contribution in [3.63, 3.8) is 0 Å². The minimum absolute atomic E-state index is 0.00819. The normalized spacial score (nSPS) is 15.2. The van der Waals surface area contributed by atoms with Gasteiger partial charge in [0.1, 0.15) is 6.54 Å². The molecule has 1 saturated heterocycles. The fourth-order valence-corrected chi connectivity index (χ4v) is 2.16. The van der Waals surface area contributed by atoms with Gasteiger partial charge in [-0.1, -0.05) is 29.8 Å². The Morgan fingerprint density at radius 1 is 1.24 bits per heavy atom. The maximum absolute atomic E-state index is 12.1. The molecule has 0 N–H and O–H groups in total. The van der Waals surface area contributed by atoms with Crippen LogP contribution in [0.2, 0.25) is 0 Å². The third-order valence-corrected chi connectivity index (χ3v) is 3.40. The SMILES string of the molecule is Cc1ccc(-c2nnn(CC(=O)N3CCOCC3)n2)cc1. The molecule has 1 aromatic heterocycles. The van der Waals surface area contributed by atoms with Crippen molar-refractivity contribution in [2.75, 3.05) is 26.3 Å². The predicted molar refractivity (Wildman–Crippen MR) is 75.4 cm³/mol. The fourth-order valence-electron chi connectivity index (χ4n) is 2.16. The smallest absolute Gasteiger partial charge is 0.246 e. The van der Waals surface area contributed by atoms with Gasteiger partial charge in [0.05, 0.1) is 13.2 Å². The second-order valence-corrected chi connectivity index (χ2v) is 5.00. The molecule has 1 amide bonds. The molecule has 110 valence electrons. The molecule has 0 unspecified atom stereocenters. The van der Waals surface area contributed by atoms with Crippen LogP contribution in [0.3, 0.4) is 0 Å². The Hall–Kier alpha value is -2.28. The molecule has 2 aromatic rings. The number of benzene rings is 1. The van der Waals surface area contributed by atoms with E-state index in [4.69, 9.17) is 4.74 Å². The quantitative estimate of drug-likeness (QED) is 0.822. The zero-order valence-corrected chi connectivity index (χ0v) is 11.9. The van der Waals surface area contributed by atoms with Gasteiger partial charge in [-0.3, -0.25) is 4.79 Å². The number of ether oxygens (including phenoxy) is 1. The zero-order valence-electron chi connectivity index (χ0n) is 11.9. The molecule has 0 atom stereocenters. The highest BCUT2D eigenvalue weighted by molar-refractivity contribution is 5.75. The van der Waals surface area contributed by atoms with Gasteiger partial charge < -0.3 is 9.64 Å². The lowest BCUT2D eigenvalue weighted by Gasteiger charge is -2.26. The molecular formula is C14H17N5O2. The summed E-state index contributed by atoms with van der Waals surface area (Å²) in [6.45, 7) is 4.56. The maximum Gasteiger partial charge on any atom is 0.246 e. The van der Waals surface area contributed by atoms with Gasteiger partial charge >= 0.3 is 0 Å². The van der Waals surface area contributed by atoms with E-state index >= 15 is 0 Å². The minimum Gasteiger partial charge on any atom is -0.378 e. The lowest BCUT2D eigenvalue weighted by atomic mass is 10.1. The first-order chi connectivity index (χ1) is 10.2. The second kappa shape index (κ2) is 6.01. The van der Waals surface area contributed by atoms with Crippen molar-refractivity contribution in [3.8, 4) is 11.4 Å². The van der Waals surface area contributed by atoms with Crippen LogP contribution < -0.4 is 0 Å². The number of rotatable bonds is 3. The topological polar surface area (TPSA) is 73.1 Å². The largest absolute Gasteiger partial charge is 0.378 e. The van der Waals surface area contributed by atoms with Crippen molar-refractivity contribution >= 4 is 5.91 Å². The highest BCUT2D eigenvalue weighted by Gasteiger charge is 2.18. The van der Waals surface area contributed by atoms with Gasteiger partial charge in [-0.05, 0) is 12.1 Å². The van der Waals surface area contributed by atoms with Gasteiger partial charge in [0, 0.05) is 18.7 Å². The molecule has 1 aromatic carbocycles. The highest BCUT2D eigenvalue weighted by Crippen LogP contribution is 2.13. The molecule has 1 aliphatic heterocycles. The van der Waals surface area contributed by atoms with Crippen LogP contribution >= 0.6 is 0 Å². The lowest BCUT2D eigenvalue weighted by Crippen LogP contribution is -2.42. The molecule has 7 heteroatoms. The Balaban J connectivity index is 1.67. The number of amides is 1. The van der Waals surface area contributed by atoms with E-state index in [-0.39, 0.29) is 12.5 Å². The predicted octanol–water partition coefficient (Wildman–Crippen LogP) is 0.507. The number of aromatic nitrogens is 4. The number of morpholine rings is 1. The molecule has 0 spiro atoms. The van der Waals surface area contributed by atoms with Crippen LogP contribution in [0.15, 0.2) is 24.3 Å². The van der Waals surface area contributed by atoms with Gasteiger partial charge in [0.15, 0.2) is 0 Å². The van der Waals surface area contributed by atoms with E-state index < -0.39 is 0 Å². The molecule has 1 fully saturated rings. The van der Waals surface area contributed by atoms with Crippen molar-refractivity contribution in [1.82, 2.24) is 25.1 Å². The van der Waals surface area contributed by atoms with E-state index in [9.17, 15) is 4.79 Å². The molecule has 0 bridgehead atoms. The van der Waals surface area contributed by atoms with E-state index in [0.717, 1.165) is 5.56 Å². The number of tetrazole rings is 1. The molecule has 0 saturated carbocycles. The van der Waals surface area contributed by atoms with Gasteiger partial charge in [0.2, 0.25) is 11.7 Å². The molecular weight excluding hydrogens is 270 g/mol. The third-order valence-electron chi connectivity index (χ3n) is 3.40. The van der Waals surface area contributed by atoms with Crippen molar-refractivity contribution in [1.29, 1.82) is 0 Å². The van der Waals surface area contributed by atoms with Crippen LogP contribution in [0, 0.1) is 6.92 Å². The molecule has 0 aliphatic carbocycles. The van der Waals surface area contributed by atoms with Crippen molar-refractivity contribution < 1.29 is 9.53 Å². The summed E-state index contributed by atoms with van der Waals surface area (Å²) in [5, 5.41) is 12.2. The number of hydrogen-bond donors (Lipinski definition) is 0. The van der Waals surface area contributed by atoms with E-state index in [1.807, 2.05) is 31.2 Å². The Labute approximate surface area is 122 Å². The number of aryl methyl sites for hydroxylation is 1. The third kappa shape index (κ3) is 3.25. The Morgan fingerprint density at radius 3 is 2.67 bits per heavy atom. The average molecular weight is 287 g/mol. The Morgan fingerprint density at radius 2 is 1.95 bits per heavy atom. The van der Waals surface area contributed by atoms with Gasteiger partial charge in [-0.15, -0.1) is 10.2 Å². The van der Waals surface area contributed by atoms with Crippen LogP contribution in [-0.4, -0.2) is 57.3 Å². The maximum atomic E-state index is 12.1. The summed E-state index contributed by atoms with van der Waals surface area (Å²) in [7, 11) is 0. The number of carbonyl (C=O) groups excluding carboxylic acids is 1. The van der Waals surface area contributed by atoms with Crippen LogP contribution in [0.4, 0.5) is 0 Å². The number of nitrogens with zero attached hydrogens (tertiary/aromatic N) is 5. The average Bonchev–Trinajstić information content (AvgIpc) is 2.97. The molecule has 2 heterocycles. The van der Waals surface area contributed by atoms with Crippen LogP contribution in [0.25, 0.3) is 11.4 Å².